The summed E-state index contributed by atoms with van der Waals surface area (Å²) in [7, 11) is 0. The number of thioether (sulfide) groups is 1. The third-order valence-electron chi connectivity index (χ3n) is 2.61. The van der Waals surface area contributed by atoms with Crippen LogP contribution >= 0.6 is 11.8 Å². The molecule has 102 valence electrons. The Morgan fingerprint density at radius 1 is 1.15 bits per heavy atom. The highest BCUT2D eigenvalue weighted by atomic mass is 32.2. The number of carbonyl (C=O) groups excluding carboxylic acids is 1. The van der Waals surface area contributed by atoms with E-state index in [2.05, 4.69) is 4.98 Å². The molecule has 0 aliphatic carbocycles. The number of carbonyl (C=O) groups is 2. The Morgan fingerprint density at radius 3 is 2.45 bits per heavy atom. The second kappa shape index (κ2) is 6.21. The zero-order valence-electron chi connectivity index (χ0n) is 10.4. The van der Waals surface area contributed by atoms with Gasteiger partial charge in [-0.15, -0.1) is 11.8 Å². The Kier molecular flexibility index (Phi) is 4.37. The van der Waals surface area contributed by atoms with Crippen LogP contribution in [-0.4, -0.2) is 22.0 Å². The Bertz CT molecular complexity index is 641. The van der Waals surface area contributed by atoms with Gasteiger partial charge in [-0.3, -0.25) is 4.79 Å². The summed E-state index contributed by atoms with van der Waals surface area (Å²) in [5, 5.41) is 9.54. The van der Waals surface area contributed by atoms with Gasteiger partial charge in [0, 0.05) is 17.5 Å². The Labute approximate surface area is 119 Å². The molecule has 1 heterocycles. The molecule has 6 heteroatoms. The number of pyridine rings is 1. The van der Waals surface area contributed by atoms with Crippen LogP contribution in [0.5, 0.6) is 0 Å². The number of hydrogen-bond donors (Lipinski definition) is 2. The molecule has 0 fully saturated rings. The predicted molar refractivity (Wildman–Crippen MR) is 75.7 cm³/mol. The lowest BCUT2D eigenvalue weighted by Gasteiger charge is -2.03. The first-order chi connectivity index (χ1) is 9.56. The minimum Gasteiger partial charge on any atom is -0.478 e. The molecule has 1 amide bonds. The highest BCUT2D eigenvalue weighted by Gasteiger charge is 2.05. The molecule has 0 aliphatic rings. The van der Waals surface area contributed by atoms with E-state index < -0.39 is 11.9 Å². The number of benzene rings is 1. The van der Waals surface area contributed by atoms with Gasteiger partial charge >= 0.3 is 5.97 Å². The first-order valence-electron chi connectivity index (χ1n) is 5.77. The SMILES string of the molecule is NC(=O)c1ccc(CSc2cc(C(=O)O)ccn2)cc1. The van der Waals surface area contributed by atoms with Crippen LogP contribution in [0.1, 0.15) is 26.3 Å². The summed E-state index contributed by atoms with van der Waals surface area (Å²) in [5.74, 6) is -0.796. The van der Waals surface area contributed by atoms with Crippen LogP contribution < -0.4 is 5.73 Å². The average Bonchev–Trinajstić information content (AvgIpc) is 2.46. The van der Waals surface area contributed by atoms with E-state index in [-0.39, 0.29) is 5.56 Å². The molecule has 0 aliphatic heterocycles. The Balaban J connectivity index is 2.03. The maximum atomic E-state index is 10.9. The molecule has 20 heavy (non-hydrogen) atoms. The molecular formula is C14H12N2O3S. The van der Waals surface area contributed by atoms with E-state index in [4.69, 9.17) is 10.8 Å². The standard InChI is InChI=1S/C14H12N2O3S/c15-13(17)10-3-1-9(2-4-10)8-20-12-7-11(14(18)19)5-6-16-12/h1-7H,8H2,(H2,15,17)(H,18,19). The Hall–Kier alpha value is -2.34. The fraction of sp³-hybridized carbons (Fsp3) is 0.0714. The van der Waals surface area contributed by atoms with Crippen molar-refractivity contribution in [3.63, 3.8) is 0 Å². The molecule has 0 atom stereocenters. The quantitative estimate of drug-likeness (QED) is 0.822. The topological polar surface area (TPSA) is 93.3 Å². The third kappa shape index (κ3) is 3.58. The molecule has 0 radical (unpaired) electrons. The normalized spacial score (nSPS) is 10.2. The van der Waals surface area contributed by atoms with Crippen LogP contribution in [0.15, 0.2) is 47.6 Å². The number of rotatable bonds is 5. The zero-order valence-corrected chi connectivity index (χ0v) is 11.3. The summed E-state index contributed by atoms with van der Waals surface area (Å²) in [5.41, 5.74) is 6.84. The van der Waals surface area contributed by atoms with Crippen molar-refractivity contribution in [1.82, 2.24) is 4.98 Å². The summed E-state index contributed by atoms with van der Waals surface area (Å²) in [6.07, 6.45) is 1.47. The van der Waals surface area contributed by atoms with Gasteiger partial charge in [-0.1, -0.05) is 12.1 Å². The van der Waals surface area contributed by atoms with Gasteiger partial charge in [-0.25, -0.2) is 9.78 Å². The number of primary amides is 1. The van der Waals surface area contributed by atoms with Crippen LogP contribution in [0.25, 0.3) is 0 Å². The second-order valence-corrected chi connectivity index (χ2v) is 5.03. The molecule has 0 saturated carbocycles. The van der Waals surface area contributed by atoms with E-state index in [0.29, 0.717) is 16.3 Å². The van der Waals surface area contributed by atoms with Gasteiger partial charge in [0.1, 0.15) is 0 Å². The van der Waals surface area contributed by atoms with Gasteiger partial charge in [0.2, 0.25) is 5.91 Å². The lowest BCUT2D eigenvalue weighted by atomic mass is 10.1. The highest BCUT2D eigenvalue weighted by molar-refractivity contribution is 7.98. The molecular weight excluding hydrogens is 276 g/mol. The monoisotopic (exact) mass is 288 g/mol. The minimum atomic E-state index is -0.972. The van der Waals surface area contributed by atoms with Crippen molar-refractivity contribution in [2.24, 2.45) is 5.73 Å². The van der Waals surface area contributed by atoms with Gasteiger partial charge in [0.15, 0.2) is 0 Å². The van der Waals surface area contributed by atoms with Crippen molar-refractivity contribution < 1.29 is 14.7 Å². The van der Waals surface area contributed by atoms with Gasteiger partial charge in [-0.05, 0) is 29.8 Å². The predicted octanol–water partition coefficient (Wildman–Crippen LogP) is 2.17. The number of carboxylic acids is 1. The van der Waals surface area contributed by atoms with Crippen molar-refractivity contribution in [1.29, 1.82) is 0 Å². The number of aromatic nitrogens is 1. The first-order valence-corrected chi connectivity index (χ1v) is 6.76. The average molecular weight is 288 g/mol. The molecule has 0 spiro atoms. The summed E-state index contributed by atoms with van der Waals surface area (Å²) in [6.45, 7) is 0. The fourth-order valence-electron chi connectivity index (χ4n) is 1.54. The molecule has 2 rings (SSSR count). The number of carboxylic acid groups (broad SMARTS) is 1. The van der Waals surface area contributed by atoms with E-state index in [1.807, 2.05) is 12.1 Å². The molecule has 5 nitrogen and oxygen atoms in total. The first kappa shape index (κ1) is 14.1. The number of nitrogens with zero attached hydrogens (tertiary/aromatic N) is 1. The van der Waals surface area contributed by atoms with E-state index in [1.54, 1.807) is 12.1 Å². The fourth-order valence-corrected chi connectivity index (χ4v) is 2.40. The van der Waals surface area contributed by atoms with Crippen molar-refractivity contribution in [2.45, 2.75) is 10.8 Å². The van der Waals surface area contributed by atoms with E-state index in [0.717, 1.165) is 5.56 Å². The molecule has 1 aromatic carbocycles. The summed E-state index contributed by atoms with van der Waals surface area (Å²) in [4.78, 5) is 25.9. The summed E-state index contributed by atoms with van der Waals surface area (Å²) >= 11 is 1.43. The van der Waals surface area contributed by atoms with Crippen molar-refractivity contribution >= 4 is 23.6 Å². The van der Waals surface area contributed by atoms with Crippen molar-refractivity contribution in [3.05, 3.63) is 59.3 Å². The molecule has 2 aromatic rings. The van der Waals surface area contributed by atoms with Gasteiger partial charge < -0.3 is 10.8 Å². The van der Waals surface area contributed by atoms with E-state index in [1.165, 1.54) is 30.1 Å². The lowest BCUT2D eigenvalue weighted by Crippen LogP contribution is -2.10. The van der Waals surface area contributed by atoms with Gasteiger partial charge in [-0.2, -0.15) is 0 Å². The number of nitrogens with two attached hydrogens (primary N) is 1. The number of aromatic carboxylic acids is 1. The van der Waals surface area contributed by atoms with Crippen LogP contribution in [-0.2, 0) is 5.75 Å². The van der Waals surface area contributed by atoms with Gasteiger partial charge in [0.25, 0.3) is 0 Å². The van der Waals surface area contributed by atoms with Crippen molar-refractivity contribution in [2.75, 3.05) is 0 Å². The number of amides is 1. The van der Waals surface area contributed by atoms with Gasteiger partial charge in [0.05, 0.1) is 10.6 Å². The summed E-state index contributed by atoms with van der Waals surface area (Å²) < 4.78 is 0. The maximum absolute atomic E-state index is 10.9. The van der Waals surface area contributed by atoms with Crippen LogP contribution in [0.3, 0.4) is 0 Å². The largest absolute Gasteiger partial charge is 0.478 e. The third-order valence-corrected chi connectivity index (χ3v) is 3.60. The van der Waals surface area contributed by atoms with Crippen LogP contribution in [0.2, 0.25) is 0 Å². The lowest BCUT2D eigenvalue weighted by molar-refractivity contribution is 0.0696. The molecule has 0 saturated heterocycles. The number of hydrogen-bond acceptors (Lipinski definition) is 4. The van der Waals surface area contributed by atoms with Crippen LogP contribution in [0, 0.1) is 0 Å². The smallest absolute Gasteiger partial charge is 0.335 e. The van der Waals surface area contributed by atoms with Crippen molar-refractivity contribution in [3.8, 4) is 0 Å². The van der Waals surface area contributed by atoms with Crippen LogP contribution in [0.4, 0.5) is 0 Å². The molecule has 3 N–H and O–H groups in total. The molecule has 1 aromatic heterocycles. The second-order valence-electron chi connectivity index (χ2n) is 4.04. The Morgan fingerprint density at radius 2 is 1.85 bits per heavy atom. The molecule has 0 unspecified atom stereocenters. The summed E-state index contributed by atoms with van der Waals surface area (Å²) in [6, 6.07) is 9.94. The maximum Gasteiger partial charge on any atom is 0.335 e. The highest BCUT2D eigenvalue weighted by Crippen LogP contribution is 2.21. The zero-order chi connectivity index (χ0) is 14.5. The van der Waals surface area contributed by atoms with E-state index in [9.17, 15) is 9.59 Å². The molecule has 0 bridgehead atoms. The minimum absolute atomic E-state index is 0.214. The van der Waals surface area contributed by atoms with E-state index >= 15 is 0 Å².